The number of nitrogens with one attached hydrogen (secondary N) is 3. The number of rotatable bonds is 5. The van der Waals surface area contributed by atoms with Crippen LogP contribution in [0, 0.1) is 39.9 Å². The predicted molar refractivity (Wildman–Crippen MR) is 170 cm³/mol. The van der Waals surface area contributed by atoms with Crippen LogP contribution in [0.15, 0.2) is 49.6 Å². The van der Waals surface area contributed by atoms with Crippen LogP contribution in [-0.2, 0) is 0 Å². The van der Waals surface area contributed by atoms with E-state index in [-0.39, 0.29) is 12.6 Å². The number of allylic oxidation sites excluding steroid dienone is 3. The van der Waals surface area contributed by atoms with E-state index in [1.54, 1.807) is 5.57 Å². The predicted octanol–water partition coefficient (Wildman–Crippen LogP) is 8.61. The first-order valence-electron chi connectivity index (χ1n) is 15.3. The Morgan fingerprint density at radius 2 is 1.77 bits per heavy atom. The van der Waals surface area contributed by atoms with Crippen molar-refractivity contribution < 1.29 is 9.59 Å². The second-order valence-electron chi connectivity index (χ2n) is 11.7. The number of hydrogen-bond acceptors (Lipinski definition) is 4. The Morgan fingerprint density at radius 1 is 1.15 bits per heavy atom. The first-order chi connectivity index (χ1) is 18.6. The maximum Gasteiger partial charge on any atom is 0.0623 e. The lowest BCUT2D eigenvalue weighted by atomic mass is 9.47. The van der Waals surface area contributed by atoms with Crippen LogP contribution in [0.25, 0.3) is 0 Å². The van der Waals surface area contributed by atoms with Gasteiger partial charge in [-0.05, 0) is 93.4 Å². The summed E-state index contributed by atoms with van der Waals surface area (Å²) in [4.78, 5) is 0. The summed E-state index contributed by atoms with van der Waals surface area (Å²) < 4.78 is 10.0. The van der Waals surface area contributed by atoms with Crippen LogP contribution in [0.2, 0.25) is 0 Å². The smallest absolute Gasteiger partial charge is 0.0623 e. The Hall–Kier alpha value is -1.56. The van der Waals surface area contributed by atoms with E-state index in [0.29, 0.717) is 16.7 Å². The second kappa shape index (κ2) is 18.7. The van der Waals surface area contributed by atoms with Gasteiger partial charge in [0, 0.05) is 18.7 Å². The van der Waals surface area contributed by atoms with E-state index in [4.69, 9.17) is 10.5 Å². The summed E-state index contributed by atoms with van der Waals surface area (Å²) in [6, 6.07) is 0.176. The Balaban J connectivity index is 0.000000798. The van der Waals surface area contributed by atoms with Gasteiger partial charge in [0.1, 0.15) is 0 Å². The van der Waals surface area contributed by atoms with Gasteiger partial charge in [-0.25, -0.2) is 0 Å². The van der Waals surface area contributed by atoms with Crippen molar-refractivity contribution in [2.45, 2.75) is 105 Å². The largest absolute Gasteiger partial charge is 0.394 e. The molecule has 0 spiro atoms. The van der Waals surface area contributed by atoms with Gasteiger partial charge >= 0.3 is 0 Å². The number of halogens is 1. The van der Waals surface area contributed by atoms with Crippen LogP contribution in [-0.4, -0.2) is 37.1 Å². The van der Waals surface area contributed by atoms with E-state index in [1.165, 1.54) is 64.0 Å². The van der Waals surface area contributed by atoms with Gasteiger partial charge in [0.25, 0.3) is 0 Å². The normalized spacial score (nSPS) is 35.3. The van der Waals surface area contributed by atoms with Crippen molar-refractivity contribution in [3.8, 4) is 0 Å². The topological polar surface area (TPSA) is 68.1 Å². The molecule has 5 heteroatoms. The van der Waals surface area contributed by atoms with E-state index < -0.39 is 0 Å². The first-order valence-corrected chi connectivity index (χ1v) is 15.3. The van der Waals surface area contributed by atoms with E-state index in [2.05, 4.69) is 65.4 Å². The molecule has 7 unspecified atom stereocenters. The highest BCUT2D eigenvalue weighted by atomic mass is 19.2. The van der Waals surface area contributed by atoms with Crippen molar-refractivity contribution in [1.82, 2.24) is 10.9 Å². The molecule has 4 nitrogen and oxygen atoms in total. The molecule has 0 aromatic carbocycles. The van der Waals surface area contributed by atoms with Crippen LogP contribution < -0.4 is 10.9 Å². The summed E-state index contributed by atoms with van der Waals surface area (Å²) in [5, 5.41) is 20.0. The van der Waals surface area contributed by atoms with E-state index >= 15 is 0 Å². The quantitative estimate of drug-likeness (QED) is 0.158. The van der Waals surface area contributed by atoms with E-state index in [1.807, 2.05) is 19.9 Å². The minimum atomic E-state index is 0.176. The molecule has 0 aromatic heterocycles. The van der Waals surface area contributed by atoms with Crippen molar-refractivity contribution in [3.63, 3.8) is 0 Å². The van der Waals surface area contributed by atoms with E-state index in [9.17, 15) is 4.48 Å². The zero-order valence-corrected chi connectivity index (χ0v) is 26.5. The summed E-state index contributed by atoms with van der Waals surface area (Å²) in [5.74, 6) is 3.13. The lowest BCUT2D eigenvalue weighted by molar-refractivity contribution is -0.0408. The van der Waals surface area contributed by atoms with Gasteiger partial charge in [-0.2, -0.15) is 5.54 Å². The molecule has 4 aliphatic rings. The fourth-order valence-electron chi connectivity index (χ4n) is 8.24. The molecule has 3 saturated carbocycles. The van der Waals surface area contributed by atoms with Crippen molar-refractivity contribution in [2.24, 2.45) is 34.5 Å². The average molecular weight is 548 g/mol. The zero-order valence-electron chi connectivity index (χ0n) is 26.5. The van der Waals surface area contributed by atoms with E-state index in [0.717, 1.165) is 42.0 Å². The molecule has 1 heterocycles. The van der Waals surface area contributed by atoms with Gasteiger partial charge in [-0.1, -0.05) is 77.5 Å². The highest BCUT2D eigenvalue weighted by Gasteiger charge is 2.58. The molecular formula is C34H62FN3O. The number of aliphatic hydroxyl groups excluding tert-OH is 1. The van der Waals surface area contributed by atoms with Crippen molar-refractivity contribution in [3.05, 3.63) is 49.6 Å². The van der Waals surface area contributed by atoms with Gasteiger partial charge in [0.15, 0.2) is 0 Å². The fraction of sp³-hybridized carbons (Fsp3) is 0.735. The Bertz CT molecular complexity index is 780. The summed E-state index contributed by atoms with van der Waals surface area (Å²) in [5.41, 5.74) is 5.78. The third-order valence-corrected chi connectivity index (χ3v) is 9.86. The molecule has 0 amide bonds. The lowest BCUT2D eigenvalue weighted by Gasteiger charge is -2.57. The van der Waals surface area contributed by atoms with Crippen molar-refractivity contribution in [1.29, 1.82) is 5.41 Å². The van der Waals surface area contributed by atoms with Crippen LogP contribution in [0.3, 0.4) is 0 Å². The molecule has 7 atom stereocenters. The van der Waals surface area contributed by atoms with Crippen molar-refractivity contribution >= 4 is 5.71 Å². The zero-order chi connectivity index (χ0) is 30.2. The Kier molecular flexibility index (Phi) is 18.0. The molecule has 0 bridgehead atoms. The van der Waals surface area contributed by atoms with Gasteiger partial charge in [-0.15, -0.1) is 17.6 Å². The maximum atomic E-state index is 10.0. The van der Waals surface area contributed by atoms with Crippen LogP contribution in [0.5, 0.6) is 0 Å². The van der Waals surface area contributed by atoms with Crippen molar-refractivity contribution in [2.75, 3.05) is 20.2 Å². The second-order valence-corrected chi connectivity index (χ2v) is 11.7. The minimum Gasteiger partial charge on any atom is -0.394 e. The third-order valence-electron chi connectivity index (χ3n) is 9.86. The van der Waals surface area contributed by atoms with Crippen LogP contribution in [0.4, 0.5) is 4.48 Å². The van der Waals surface area contributed by atoms with Crippen LogP contribution >= 0.6 is 0 Å². The molecule has 0 radical (unpaired) electrons. The molecule has 4 N–H and O–H groups in total. The number of fused-ring (bicyclic) bond motifs is 3. The first kappa shape index (κ1) is 37.4. The molecule has 0 aromatic rings. The molecule has 1 saturated heterocycles. The highest BCUT2D eigenvalue weighted by Crippen LogP contribution is 2.66. The molecular weight excluding hydrogens is 485 g/mol. The Labute approximate surface area is 241 Å². The van der Waals surface area contributed by atoms with Gasteiger partial charge < -0.3 is 15.8 Å². The standard InChI is InChI=1S/C23H37N.C6H11NO.C2H6.C2H4.CH4FN/c1-6-8-17-9-10-18-20-12-11-19(16(3)24)23(20,5)15-13-21(18)22(17,4)14-7-2;1-5-2-3-7-6(5)4-8;2*1-2;1-3-2/h6,8,18-21,24H,1,7,9-15H2,2-5H3;6-8H,1-4H2;1-2H3;1-2H2;3H,1H3/b17-8-,24-16?;;;;. The fourth-order valence-corrected chi connectivity index (χ4v) is 8.24. The summed E-state index contributed by atoms with van der Waals surface area (Å²) in [7, 11) is 1.21. The molecule has 4 rings (SSSR count). The molecule has 4 fully saturated rings. The summed E-state index contributed by atoms with van der Waals surface area (Å²) in [6.07, 6.45) is 15.9. The molecule has 3 aliphatic carbocycles. The van der Waals surface area contributed by atoms with Gasteiger partial charge in [0.05, 0.1) is 12.6 Å². The van der Waals surface area contributed by atoms with Gasteiger partial charge in [-0.3, -0.25) is 0 Å². The molecule has 226 valence electrons. The number of aliphatic hydroxyl groups is 1. The van der Waals surface area contributed by atoms with Gasteiger partial charge in [0.2, 0.25) is 0 Å². The highest BCUT2D eigenvalue weighted by molar-refractivity contribution is 5.82. The summed E-state index contributed by atoms with van der Waals surface area (Å²) >= 11 is 0. The monoisotopic (exact) mass is 547 g/mol. The summed E-state index contributed by atoms with van der Waals surface area (Å²) in [6.45, 7) is 28.4. The Morgan fingerprint density at radius 3 is 2.21 bits per heavy atom. The average Bonchev–Trinajstić information content (AvgIpc) is 3.51. The SMILES string of the molecule is C=C.C=C/C=C1/CCC2C(CCC3(C)C(C(C)=N)CCC23)C1(C)CCC.C=C1CCNC1CO.CC.CNF. The maximum absolute atomic E-state index is 10.0. The van der Waals surface area contributed by atoms with Crippen LogP contribution in [0.1, 0.15) is 99.3 Å². The lowest BCUT2D eigenvalue weighted by Crippen LogP contribution is -2.50. The number of hydrogen-bond donors (Lipinski definition) is 4. The molecule has 1 aliphatic heterocycles. The third kappa shape index (κ3) is 8.96. The minimum absolute atomic E-state index is 0.176. The molecule has 39 heavy (non-hydrogen) atoms.